The van der Waals surface area contributed by atoms with Gasteiger partial charge >= 0.3 is 5.97 Å². The Labute approximate surface area is 82.4 Å². The molecule has 13 heavy (non-hydrogen) atoms. The van der Waals surface area contributed by atoms with Crippen molar-refractivity contribution < 1.29 is 25.2 Å². The van der Waals surface area contributed by atoms with Gasteiger partial charge in [-0.1, -0.05) is 15.9 Å². The fraction of sp³-hybridized carbons (Fsp3) is 0.571. The zero-order chi connectivity index (χ0) is 10.2. The minimum atomic E-state index is -1.37. The summed E-state index contributed by atoms with van der Waals surface area (Å²) in [7, 11) is 0. The Balaban J connectivity index is 3.01. The van der Waals surface area contributed by atoms with E-state index >= 15 is 0 Å². The summed E-state index contributed by atoms with van der Waals surface area (Å²) in [4.78, 5) is 10.6. The Morgan fingerprint density at radius 2 is 1.92 bits per heavy atom. The molecule has 0 heterocycles. The van der Waals surface area contributed by atoms with Gasteiger partial charge in [0.05, 0.1) is 11.7 Å². The van der Waals surface area contributed by atoms with E-state index in [-0.39, 0.29) is 16.5 Å². The van der Waals surface area contributed by atoms with Gasteiger partial charge in [-0.25, -0.2) is 4.79 Å². The van der Waals surface area contributed by atoms with Crippen LogP contribution in [0.15, 0.2) is 10.1 Å². The molecule has 0 aromatic carbocycles. The first kappa shape index (κ1) is 10.6. The molecule has 3 atom stereocenters. The SMILES string of the molecule is O=C(O)C1=C(Br)[C@@H](O)[C@@H](O)[C@H](O)C1. The Morgan fingerprint density at radius 1 is 1.38 bits per heavy atom. The lowest BCUT2D eigenvalue weighted by atomic mass is 9.92. The first-order valence-electron chi connectivity index (χ1n) is 3.61. The van der Waals surface area contributed by atoms with Crippen LogP contribution < -0.4 is 0 Å². The number of hydrogen-bond acceptors (Lipinski definition) is 4. The van der Waals surface area contributed by atoms with Crippen molar-refractivity contribution in [1.29, 1.82) is 0 Å². The number of halogens is 1. The Bertz CT molecular complexity index is 262. The minimum absolute atomic E-state index is 0.0257. The van der Waals surface area contributed by atoms with E-state index in [1.54, 1.807) is 0 Å². The maximum atomic E-state index is 10.6. The lowest BCUT2D eigenvalue weighted by Gasteiger charge is -2.28. The molecule has 4 N–H and O–H groups in total. The second-order valence-electron chi connectivity index (χ2n) is 2.84. The van der Waals surface area contributed by atoms with Crippen molar-refractivity contribution in [2.45, 2.75) is 24.7 Å². The average molecular weight is 253 g/mol. The molecule has 0 aliphatic heterocycles. The fourth-order valence-electron chi connectivity index (χ4n) is 1.16. The van der Waals surface area contributed by atoms with E-state index in [0.717, 1.165) is 0 Å². The van der Waals surface area contributed by atoms with Crippen molar-refractivity contribution in [1.82, 2.24) is 0 Å². The molecule has 74 valence electrons. The molecule has 6 heteroatoms. The van der Waals surface area contributed by atoms with E-state index in [1.165, 1.54) is 0 Å². The van der Waals surface area contributed by atoms with Crippen LogP contribution in [0.2, 0.25) is 0 Å². The van der Waals surface area contributed by atoms with Crippen molar-refractivity contribution in [3.8, 4) is 0 Å². The zero-order valence-electron chi connectivity index (χ0n) is 6.51. The van der Waals surface area contributed by atoms with Crippen LogP contribution >= 0.6 is 15.9 Å². The molecule has 0 aromatic rings. The highest BCUT2D eigenvalue weighted by molar-refractivity contribution is 9.11. The maximum Gasteiger partial charge on any atom is 0.332 e. The van der Waals surface area contributed by atoms with Crippen molar-refractivity contribution in [3.63, 3.8) is 0 Å². The van der Waals surface area contributed by atoms with Gasteiger partial charge in [-0.3, -0.25) is 0 Å². The van der Waals surface area contributed by atoms with Gasteiger partial charge in [0.25, 0.3) is 0 Å². The summed E-state index contributed by atoms with van der Waals surface area (Å²) in [6.07, 6.45) is -4.11. The first-order chi connectivity index (χ1) is 5.95. The van der Waals surface area contributed by atoms with Crippen LogP contribution in [0.25, 0.3) is 0 Å². The van der Waals surface area contributed by atoms with Gasteiger partial charge < -0.3 is 20.4 Å². The summed E-state index contributed by atoms with van der Waals surface area (Å²) in [5.41, 5.74) is -0.106. The topological polar surface area (TPSA) is 98.0 Å². The predicted molar refractivity (Wildman–Crippen MR) is 46.2 cm³/mol. The van der Waals surface area contributed by atoms with Gasteiger partial charge in [-0.05, 0) is 0 Å². The third kappa shape index (κ3) is 1.91. The van der Waals surface area contributed by atoms with Crippen LogP contribution in [0.3, 0.4) is 0 Å². The standard InChI is InChI=1S/C7H9BrO5/c8-4-2(7(12)13)1-3(9)5(10)6(4)11/h3,5-6,9-11H,1H2,(H,12,13)/t3-,5+,6-/m1/s1. The van der Waals surface area contributed by atoms with E-state index in [0.29, 0.717) is 0 Å². The highest BCUT2D eigenvalue weighted by Gasteiger charge is 2.36. The van der Waals surface area contributed by atoms with E-state index in [1.807, 2.05) is 0 Å². The zero-order valence-corrected chi connectivity index (χ0v) is 8.10. The second-order valence-corrected chi connectivity index (χ2v) is 3.69. The van der Waals surface area contributed by atoms with E-state index in [9.17, 15) is 9.90 Å². The van der Waals surface area contributed by atoms with Gasteiger partial charge in [0.15, 0.2) is 0 Å². The molecule has 0 saturated heterocycles. The summed E-state index contributed by atoms with van der Waals surface area (Å²) >= 11 is 2.87. The number of carboxylic acid groups (broad SMARTS) is 1. The lowest BCUT2D eigenvalue weighted by Crippen LogP contribution is -2.42. The number of rotatable bonds is 1. The number of carbonyl (C=O) groups is 1. The molecule has 0 radical (unpaired) electrons. The second kappa shape index (κ2) is 3.75. The quantitative estimate of drug-likeness (QED) is 0.490. The predicted octanol–water partition coefficient (Wildman–Crippen LogP) is -0.794. The maximum absolute atomic E-state index is 10.6. The molecule has 0 unspecified atom stereocenters. The lowest BCUT2D eigenvalue weighted by molar-refractivity contribution is -0.134. The third-order valence-electron chi connectivity index (χ3n) is 1.94. The normalized spacial score (nSPS) is 34.9. The van der Waals surface area contributed by atoms with E-state index < -0.39 is 24.3 Å². The minimum Gasteiger partial charge on any atom is -0.478 e. The summed E-state index contributed by atoms with van der Waals surface area (Å²) in [6.45, 7) is 0. The Kier molecular flexibility index (Phi) is 3.07. The largest absolute Gasteiger partial charge is 0.478 e. The molecule has 1 aliphatic rings. The van der Waals surface area contributed by atoms with Crippen molar-refractivity contribution in [3.05, 3.63) is 10.1 Å². The smallest absolute Gasteiger partial charge is 0.332 e. The van der Waals surface area contributed by atoms with Gasteiger partial charge in [0.2, 0.25) is 0 Å². The molecule has 1 rings (SSSR count). The Morgan fingerprint density at radius 3 is 2.38 bits per heavy atom. The molecule has 5 nitrogen and oxygen atoms in total. The van der Waals surface area contributed by atoms with E-state index in [4.69, 9.17) is 15.3 Å². The molecule has 0 amide bonds. The molecule has 0 saturated carbocycles. The fourth-order valence-corrected chi connectivity index (χ4v) is 1.76. The number of aliphatic hydroxyl groups is 3. The van der Waals surface area contributed by atoms with Crippen LogP contribution in [0, 0.1) is 0 Å². The number of hydrogen-bond donors (Lipinski definition) is 4. The van der Waals surface area contributed by atoms with Crippen LogP contribution in [-0.2, 0) is 4.79 Å². The van der Waals surface area contributed by atoms with Crippen LogP contribution in [0.1, 0.15) is 6.42 Å². The van der Waals surface area contributed by atoms with Crippen molar-refractivity contribution in [2.75, 3.05) is 0 Å². The summed E-state index contributed by atoms with van der Waals surface area (Å²) < 4.78 is 0.0257. The molecular weight excluding hydrogens is 244 g/mol. The van der Waals surface area contributed by atoms with Gasteiger partial charge in [-0.2, -0.15) is 0 Å². The monoisotopic (exact) mass is 252 g/mol. The van der Waals surface area contributed by atoms with Crippen LogP contribution in [0.4, 0.5) is 0 Å². The van der Waals surface area contributed by atoms with Gasteiger partial charge in [-0.15, -0.1) is 0 Å². The summed E-state index contributed by atoms with van der Waals surface area (Å²) in [5, 5.41) is 36.2. The number of aliphatic carboxylic acids is 1. The molecule has 0 aromatic heterocycles. The van der Waals surface area contributed by atoms with Gasteiger partial charge in [0.1, 0.15) is 12.2 Å². The van der Waals surface area contributed by atoms with Crippen LogP contribution in [0.5, 0.6) is 0 Å². The summed E-state index contributed by atoms with van der Waals surface area (Å²) in [5.74, 6) is -1.21. The summed E-state index contributed by atoms with van der Waals surface area (Å²) in [6, 6.07) is 0. The number of aliphatic hydroxyl groups excluding tert-OH is 3. The molecule has 1 aliphatic carbocycles. The Hall–Kier alpha value is -0.430. The average Bonchev–Trinajstić information content (AvgIpc) is 2.07. The number of carboxylic acids is 1. The molecular formula is C7H9BrO5. The first-order valence-corrected chi connectivity index (χ1v) is 4.40. The molecule has 0 bridgehead atoms. The molecule has 0 spiro atoms. The van der Waals surface area contributed by atoms with Crippen molar-refractivity contribution in [2.24, 2.45) is 0 Å². The van der Waals surface area contributed by atoms with Gasteiger partial charge in [0, 0.05) is 10.9 Å². The van der Waals surface area contributed by atoms with E-state index in [2.05, 4.69) is 15.9 Å². The highest BCUT2D eigenvalue weighted by Crippen LogP contribution is 2.30. The van der Waals surface area contributed by atoms with Crippen molar-refractivity contribution >= 4 is 21.9 Å². The highest BCUT2D eigenvalue weighted by atomic mass is 79.9. The molecule has 0 fully saturated rings. The third-order valence-corrected chi connectivity index (χ3v) is 2.88. The van der Waals surface area contributed by atoms with Crippen LogP contribution in [-0.4, -0.2) is 44.7 Å².